The van der Waals surface area contributed by atoms with Crippen LogP contribution in [0.2, 0.25) is 0 Å². The first kappa shape index (κ1) is 18.6. The van der Waals surface area contributed by atoms with E-state index in [0.717, 1.165) is 38.7 Å². The summed E-state index contributed by atoms with van der Waals surface area (Å²) in [6.07, 6.45) is 0. The Morgan fingerprint density at radius 2 is 1.45 bits per heavy atom. The SMILES string of the molecule is CC(=O)Nc1cccc(-c2cccc(C(C)=O)c2-c2ccc3ccccc3c2)c1. The quantitative estimate of drug-likeness (QED) is 0.421. The number of rotatable bonds is 4. The molecule has 0 radical (unpaired) electrons. The Labute approximate surface area is 170 Å². The molecule has 4 rings (SSSR count). The summed E-state index contributed by atoms with van der Waals surface area (Å²) in [4.78, 5) is 23.9. The highest BCUT2D eigenvalue weighted by Crippen LogP contribution is 2.37. The zero-order valence-corrected chi connectivity index (χ0v) is 16.4. The Morgan fingerprint density at radius 3 is 2.21 bits per heavy atom. The van der Waals surface area contributed by atoms with E-state index in [4.69, 9.17) is 0 Å². The molecule has 3 heteroatoms. The van der Waals surface area contributed by atoms with Crippen molar-refractivity contribution in [1.82, 2.24) is 0 Å². The third kappa shape index (κ3) is 3.81. The van der Waals surface area contributed by atoms with Crippen molar-refractivity contribution >= 4 is 28.2 Å². The normalized spacial score (nSPS) is 10.7. The first-order valence-electron chi connectivity index (χ1n) is 9.54. The van der Waals surface area contributed by atoms with Crippen LogP contribution in [0, 0.1) is 0 Å². The second kappa shape index (κ2) is 7.72. The standard InChI is InChI=1S/C26H21NO2/c1-17(28)24-11-6-12-25(21-9-5-10-23(16-21)27-18(2)29)26(24)22-14-13-19-7-3-4-8-20(19)15-22/h3-16H,1-2H3,(H,27,29). The molecule has 0 fully saturated rings. The average Bonchev–Trinajstić information content (AvgIpc) is 2.72. The summed E-state index contributed by atoms with van der Waals surface area (Å²) < 4.78 is 0. The lowest BCUT2D eigenvalue weighted by Crippen LogP contribution is -2.05. The van der Waals surface area contributed by atoms with Gasteiger partial charge in [0.25, 0.3) is 0 Å². The number of ketones is 1. The predicted octanol–water partition coefficient (Wildman–Crippen LogP) is 6.33. The van der Waals surface area contributed by atoms with Crippen molar-refractivity contribution in [3.8, 4) is 22.3 Å². The fraction of sp³-hybridized carbons (Fsp3) is 0.0769. The van der Waals surface area contributed by atoms with Crippen LogP contribution in [0.5, 0.6) is 0 Å². The molecule has 4 aromatic rings. The summed E-state index contributed by atoms with van der Waals surface area (Å²) in [5, 5.41) is 5.11. The molecule has 0 bridgehead atoms. The zero-order chi connectivity index (χ0) is 20.4. The van der Waals surface area contributed by atoms with Crippen molar-refractivity contribution in [2.24, 2.45) is 0 Å². The molecule has 1 N–H and O–H groups in total. The first-order valence-corrected chi connectivity index (χ1v) is 9.54. The van der Waals surface area contributed by atoms with Crippen LogP contribution in [0.15, 0.2) is 84.9 Å². The Balaban J connectivity index is 1.95. The molecule has 0 atom stereocenters. The maximum atomic E-state index is 12.4. The predicted molar refractivity (Wildman–Crippen MR) is 119 cm³/mol. The van der Waals surface area contributed by atoms with E-state index in [-0.39, 0.29) is 11.7 Å². The van der Waals surface area contributed by atoms with Gasteiger partial charge in [0, 0.05) is 23.7 Å². The van der Waals surface area contributed by atoms with E-state index in [1.54, 1.807) is 6.92 Å². The minimum atomic E-state index is -0.116. The Kier molecular flexibility index (Phi) is 4.96. The number of amides is 1. The van der Waals surface area contributed by atoms with Crippen LogP contribution in [0.3, 0.4) is 0 Å². The number of anilines is 1. The van der Waals surface area contributed by atoms with Gasteiger partial charge in [0.05, 0.1) is 0 Å². The van der Waals surface area contributed by atoms with Crippen LogP contribution in [0.25, 0.3) is 33.0 Å². The van der Waals surface area contributed by atoms with Gasteiger partial charge in [0.15, 0.2) is 5.78 Å². The molecule has 1 amide bonds. The monoisotopic (exact) mass is 379 g/mol. The summed E-state index contributed by atoms with van der Waals surface area (Å²) in [5.74, 6) is -0.0950. The second-order valence-corrected chi connectivity index (χ2v) is 7.11. The van der Waals surface area contributed by atoms with Crippen molar-refractivity contribution < 1.29 is 9.59 Å². The molecule has 0 spiro atoms. The Morgan fingerprint density at radius 1 is 0.690 bits per heavy atom. The van der Waals surface area contributed by atoms with Gasteiger partial charge in [-0.3, -0.25) is 9.59 Å². The summed E-state index contributed by atoms with van der Waals surface area (Å²) in [6.45, 7) is 3.08. The molecule has 0 aliphatic heterocycles. The van der Waals surface area contributed by atoms with Gasteiger partial charge in [0.1, 0.15) is 0 Å². The fourth-order valence-electron chi connectivity index (χ4n) is 3.71. The van der Waals surface area contributed by atoms with Crippen LogP contribution >= 0.6 is 0 Å². The molecule has 4 aromatic carbocycles. The fourth-order valence-corrected chi connectivity index (χ4v) is 3.71. The maximum Gasteiger partial charge on any atom is 0.221 e. The van der Waals surface area contributed by atoms with Crippen molar-refractivity contribution in [2.45, 2.75) is 13.8 Å². The van der Waals surface area contributed by atoms with Gasteiger partial charge in [-0.25, -0.2) is 0 Å². The number of hydrogen-bond donors (Lipinski definition) is 1. The van der Waals surface area contributed by atoms with Crippen LogP contribution in [-0.4, -0.2) is 11.7 Å². The van der Waals surface area contributed by atoms with Crippen molar-refractivity contribution in [3.05, 3.63) is 90.5 Å². The molecule has 0 aromatic heterocycles. The Hall–Kier alpha value is -3.72. The molecular formula is C26H21NO2. The molecular weight excluding hydrogens is 358 g/mol. The van der Waals surface area contributed by atoms with E-state index in [0.29, 0.717) is 5.56 Å². The van der Waals surface area contributed by atoms with E-state index in [2.05, 4.69) is 35.6 Å². The lowest BCUT2D eigenvalue weighted by atomic mass is 9.88. The molecule has 0 saturated carbocycles. The number of fused-ring (bicyclic) bond motifs is 1. The molecule has 3 nitrogen and oxygen atoms in total. The van der Waals surface area contributed by atoms with Crippen LogP contribution < -0.4 is 5.32 Å². The molecule has 142 valence electrons. The topological polar surface area (TPSA) is 46.2 Å². The van der Waals surface area contributed by atoms with Gasteiger partial charge >= 0.3 is 0 Å². The largest absolute Gasteiger partial charge is 0.326 e. The number of carbonyl (C=O) groups excluding carboxylic acids is 2. The second-order valence-electron chi connectivity index (χ2n) is 7.11. The van der Waals surface area contributed by atoms with Crippen molar-refractivity contribution in [1.29, 1.82) is 0 Å². The molecule has 0 aliphatic carbocycles. The summed E-state index contributed by atoms with van der Waals surface area (Å²) in [5.41, 5.74) is 5.22. The lowest BCUT2D eigenvalue weighted by Gasteiger charge is -2.16. The average molecular weight is 379 g/mol. The summed E-state index contributed by atoms with van der Waals surface area (Å²) in [7, 11) is 0. The van der Waals surface area contributed by atoms with Gasteiger partial charge in [-0.1, -0.05) is 66.7 Å². The zero-order valence-electron chi connectivity index (χ0n) is 16.4. The van der Waals surface area contributed by atoms with E-state index in [1.165, 1.54) is 6.92 Å². The summed E-state index contributed by atoms with van der Waals surface area (Å²) in [6, 6.07) is 27.9. The molecule has 0 aliphatic rings. The molecule has 29 heavy (non-hydrogen) atoms. The third-order valence-corrected chi connectivity index (χ3v) is 4.98. The number of Topliss-reactive ketones (excluding diaryl/α,β-unsaturated/α-hetero) is 1. The highest BCUT2D eigenvalue weighted by molar-refractivity contribution is 6.06. The molecule has 0 heterocycles. The third-order valence-electron chi connectivity index (χ3n) is 4.98. The highest BCUT2D eigenvalue weighted by atomic mass is 16.1. The van der Waals surface area contributed by atoms with Gasteiger partial charge in [-0.15, -0.1) is 0 Å². The number of nitrogens with one attached hydrogen (secondary N) is 1. The number of benzene rings is 4. The molecule has 0 saturated heterocycles. The van der Waals surface area contributed by atoms with E-state index < -0.39 is 0 Å². The number of carbonyl (C=O) groups is 2. The maximum absolute atomic E-state index is 12.4. The number of hydrogen-bond acceptors (Lipinski definition) is 2. The first-order chi connectivity index (χ1) is 14.0. The van der Waals surface area contributed by atoms with Crippen LogP contribution in [0.1, 0.15) is 24.2 Å². The minimum absolute atomic E-state index is 0.0213. The van der Waals surface area contributed by atoms with Crippen LogP contribution in [-0.2, 0) is 4.79 Å². The van der Waals surface area contributed by atoms with Gasteiger partial charge in [-0.2, -0.15) is 0 Å². The van der Waals surface area contributed by atoms with E-state index in [9.17, 15) is 9.59 Å². The lowest BCUT2D eigenvalue weighted by molar-refractivity contribution is -0.114. The van der Waals surface area contributed by atoms with E-state index >= 15 is 0 Å². The minimum Gasteiger partial charge on any atom is -0.326 e. The Bertz CT molecular complexity index is 1240. The smallest absolute Gasteiger partial charge is 0.221 e. The van der Waals surface area contributed by atoms with Gasteiger partial charge < -0.3 is 5.32 Å². The summed E-state index contributed by atoms with van der Waals surface area (Å²) >= 11 is 0. The highest BCUT2D eigenvalue weighted by Gasteiger charge is 2.16. The van der Waals surface area contributed by atoms with Crippen molar-refractivity contribution in [3.63, 3.8) is 0 Å². The van der Waals surface area contributed by atoms with Gasteiger partial charge in [-0.05, 0) is 52.6 Å². The van der Waals surface area contributed by atoms with Crippen LogP contribution in [0.4, 0.5) is 5.69 Å². The van der Waals surface area contributed by atoms with Crippen molar-refractivity contribution in [2.75, 3.05) is 5.32 Å². The van der Waals surface area contributed by atoms with E-state index in [1.807, 2.05) is 54.6 Å². The van der Waals surface area contributed by atoms with Gasteiger partial charge in [0.2, 0.25) is 5.91 Å². The molecule has 0 unspecified atom stereocenters.